The van der Waals surface area contributed by atoms with Crippen LogP contribution in [-0.2, 0) is 11.3 Å². The molecule has 1 saturated carbocycles. The zero-order valence-corrected chi connectivity index (χ0v) is 18.9. The maximum atomic E-state index is 13.8. The molecule has 3 aromatic rings. The largest absolute Gasteiger partial charge is 0.351 e. The summed E-state index contributed by atoms with van der Waals surface area (Å²) >= 11 is 0. The molecule has 1 aromatic heterocycles. The van der Waals surface area contributed by atoms with Gasteiger partial charge in [-0.2, -0.15) is 0 Å². The van der Waals surface area contributed by atoms with Crippen molar-refractivity contribution >= 4 is 22.7 Å². The van der Waals surface area contributed by atoms with Crippen molar-refractivity contribution in [3.63, 3.8) is 0 Å². The molecule has 5 nitrogen and oxygen atoms in total. The summed E-state index contributed by atoms with van der Waals surface area (Å²) < 4.78 is 2.04. The van der Waals surface area contributed by atoms with E-state index in [9.17, 15) is 9.59 Å². The van der Waals surface area contributed by atoms with Crippen LogP contribution in [0.1, 0.15) is 61.5 Å². The van der Waals surface area contributed by atoms with Gasteiger partial charge >= 0.3 is 0 Å². The number of amides is 2. The molecule has 0 unspecified atom stereocenters. The van der Waals surface area contributed by atoms with Crippen molar-refractivity contribution in [2.24, 2.45) is 0 Å². The molecule has 2 amide bonds. The van der Waals surface area contributed by atoms with Crippen LogP contribution in [0.15, 0.2) is 60.7 Å². The molecule has 32 heavy (non-hydrogen) atoms. The minimum absolute atomic E-state index is 0.0403. The Kier molecular flexibility index (Phi) is 5.28. The molecule has 2 heterocycles. The average molecular weight is 430 g/mol. The molecular weight excluding hydrogens is 398 g/mol. The molecular formula is C27H31N3O2. The summed E-state index contributed by atoms with van der Waals surface area (Å²) in [6.07, 6.45) is 4.35. The van der Waals surface area contributed by atoms with Crippen LogP contribution < -0.4 is 5.32 Å². The second-order valence-electron chi connectivity index (χ2n) is 9.63. The highest BCUT2D eigenvalue weighted by molar-refractivity contribution is 6.03. The first-order valence-corrected chi connectivity index (χ1v) is 11.7. The maximum absolute atomic E-state index is 13.8. The quantitative estimate of drug-likeness (QED) is 0.638. The van der Waals surface area contributed by atoms with Gasteiger partial charge in [0.2, 0.25) is 5.91 Å². The monoisotopic (exact) mass is 429 g/mol. The van der Waals surface area contributed by atoms with Crippen molar-refractivity contribution < 1.29 is 9.59 Å². The van der Waals surface area contributed by atoms with E-state index in [0.717, 1.165) is 36.6 Å². The summed E-state index contributed by atoms with van der Waals surface area (Å²) in [6.45, 7) is 5.02. The Morgan fingerprint density at radius 3 is 2.53 bits per heavy atom. The van der Waals surface area contributed by atoms with Gasteiger partial charge in [-0.25, -0.2) is 0 Å². The van der Waals surface area contributed by atoms with Crippen LogP contribution in [0.2, 0.25) is 0 Å². The predicted molar refractivity (Wildman–Crippen MR) is 127 cm³/mol. The highest BCUT2D eigenvalue weighted by atomic mass is 16.2. The summed E-state index contributed by atoms with van der Waals surface area (Å²) in [7, 11) is 0. The Balaban J connectivity index is 1.54. The molecule has 0 saturated heterocycles. The van der Waals surface area contributed by atoms with E-state index in [2.05, 4.69) is 24.4 Å². The van der Waals surface area contributed by atoms with Gasteiger partial charge in [0.15, 0.2) is 0 Å². The number of hydrogen-bond donors (Lipinski definition) is 1. The lowest BCUT2D eigenvalue weighted by Gasteiger charge is -2.45. The number of nitrogens with zero attached hydrogens (tertiary/aromatic N) is 2. The van der Waals surface area contributed by atoms with E-state index in [4.69, 9.17) is 0 Å². The van der Waals surface area contributed by atoms with Gasteiger partial charge in [-0.1, -0.05) is 68.3 Å². The molecule has 0 spiro atoms. The fourth-order valence-corrected chi connectivity index (χ4v) is 5.36. The highest BCUT2D eigenvalue weighted by Gasteiger charge is 2.48. The normalized spacial score (nSPS) is 22.2. The van der Waals surface area contributed by atoms with E-state index < -0.39 is 5.54 Å². The fourth-order valence-electron chi connectivity index (χ4n) is 5.36. The number of para-hydroxylation sites is 1. The van der Waals surface area contributed by atoms with E-state index in [1.807, 2.05) is 64.9 Å². The van der Waals surface area contributed by atoms with Crippen LogP contribution in [0, 0.1) is 0 Å². The number of carbonyl (C=O) groups excluding carboxylic acids is 2. The standard InChI is InChI=1S/C27H31N3O2/c1-19(20-10-4-3-5-11-20)17-30-25(31)24-16-21-12-6-9-15-23(21)29(24)18-27(30,2)26(32)28-22-13-7-8-14-22/h3-6,9-12,15-16,19,22H,7-8,13-14,17-18H2,1-2H3,(H,28,32)/t19-,27+/m0/s1. The summed E-state index contributed by atoms with van der Waals surface area (Å²) in [4.78, 5) is 29.4. The topological polar surface area (TPSA) is 54.3 Å². The second-order valence-corrected chi connectivity index (χ2v) is 9.63. The van der Waals surface area contributed by atoms with Crippen molar-refractivity contribution in [2.45, 2.75) is 63.6 Å². The third-order valence-electron chi connectivity index (χ3n) is 7.34. The summed E-state index contributed by atoms with van der Waals surface area (Å²) in [5.41, 5.74) is 1.89. The van der Waals surface area contributed by atoms with E-state index in [-0.39, 0.29) is 23.8 Å². The highest BCUT2D eigenvalue weighted by Crippen LogP contribution is 2.34. The molecule has 1 aliphatic heterocycles. The lowest BCUT2D eigenvalue weighted by atomic mass is 9.91. The predicted octanol–water partition coefficient (Wildman–Crippen LogP) is 4.72. The molecule has 1 aliphatic carbocycles. The Labute approximate surface area is 189 Å². The van der Waals surface area contributed by atoms with Gasteiger partial charge in [-0.05, 0) is 43.4 Å². The van der Waals surface area contributed by atoms with Gasteiger partial charge in [0.05, 0.1) is 6.54 Å². The summed E-state index contributed by atoms with van der Waals surface area (Å²) in [5.74, 6) is 0.00966. The lowest BCUT2D eigenvalue weighted by molar-refractivity contribution is -0.133. The maximum Gasteiger partial charge on any atom is 0.271 e. The lowest BCUT2D eigenvalue weighted by Crippen LogP contribution is -2.65. The number of hydrogen-bond acceptors (Lipinski definition) is 2. The van der Waals surface area contributed by atoms with E-state index in [1.165, 1.54) is 5.56 Å². The molecule has 2 aromatic carbocycles. The van der Waals surface area contributed by atoms with Gasteiger partial charge in [-0.15, -0.1) is 0 Å². The third-order valence-corrected chi connectivity index (χ3v) is 7.34. The van der Waals surface area contributed by atoms with E-state index in [0.29, 0.717) is 18.8 Å². The van der Waals surface area contributed by atoms with Crippen LogP contribution in [0.5, 0.6) is 0 Å². The van der Waals surface area contributed by atoms with Crippen LogP contribution >= 0.6 is 0 Å². The number of benzene rings is 2. The number of aromatic nitrogens is 1. The smallest absolute Gasteiger partial charge is 0.271 e. The van der Waals surface area contributed by atoms with Gasteiger partial charge < -0.3 is 14.8 Å². The first kappa shape index (κ1) is 20.8. The molecule has 166 valence electrons. The van der Waals surface area contributed by atoms with Gasteiger partial charge in [-0.3, -0.25) is 9.59 Å². The molecule has 5 heteroatoms. The van der Waals surface area contributed by atoms with Gasteiger partial charge in [0, 0.05) is 23.5 Å². The van der Waals surface area contributed by atoms with E-state index >= 15 is 0 Å². The zero-order valence-electron chi connectivity index (χ0n) is 18.9. The first-order valence-electron chi connectivity index (χ1n) is 11.7. The van der Waals surface area contributed by atoms with Crippen molar-refractivity contribution in [1.29, 1.82) is 0 Å². The van der Waals surface area contributed by atoms with Crippen LogP contribution in [0.25, 0.3) is 10.9 Å². The fraction of sp³-hybridized carbons (Fsp3) is 0.407. The number of rotatable bonds is 5. The minimum atomic E-state index is -0.947. The Bertz CT molecular complexity index is 1150. The molecule has 2 aliphatic rings. The first-order chi connectivity index (χ1) is 15.5. The van der Waals surface area contributed by atoms with Crippen LogP contribution in [-0.4, -0.2) is 39.4 Å². The molecule has 1 fully saturated rings. The molecule has 0 bridgehead atoms. The van der Waals surface area contributed by atoms with Crippen molar-refractivity contribution in [3.05, 3.63) is 71.9 Å². The Hall–Kier alpha value is -3.08. The minimum Gasteiger partial charge on any atom is -0.351 e. The van der Waals surface area contributed by atoms with E-state index in [1.54, 1.807) is 0 Å². The third kappa shape index (κ3) is 3.50. The summed E-state index contributed by atoms with van der Waals surface area (Å²) in [5, 5.41) is 4.31. The van der Waals surface area contributed by atoms with Crippen molar-refractivity contribution in [1.82, 2.24) is 14.8 Å². The van der Waals surface area contributed by atoms with Gasteiger partial charge in [0.1, 0.15) is 11.2 Å². The van der Waals surface area contributed by atoms with Crippen molar-refractivity contribution in [2.75, 3.05) is 6.54 Å². The van der Waals surface area contributed by atoms with Crippen LogP contribution in [0.4, 0.5) is 0 Å². The molecule has 5 rings (SSSR count). The van der Waals surface area contributed by atoms with Crippen molar-refractivity contribution in [3.8, 4) is 0 Å². The summed E-state index contributed by atoms with van der Waals surface area (Å²) in [6, 6.07) is 20.4. The average Bonchev–Trinajstić information content (AvgIpc) is 3.45. The molecule has 0 radical (unpaired) electrons. The number of nitrogens with one attached hydrogen (secondary N) is 1. The molecule has 1 N–H and O–H groups in total. The zero-order chi connectivity index (χ0) is 22.3. The van der Waals surface area contributed by atoms with Gasteiger partial charge in [0.25, 0.3) is 5.91 Å². The molecule has 2 atom stereocenters. The number of fused-ring (bicyclic) bond motifs is 3. The Morgan fingerprint density at radius 1 is 1.09 bits per heavy atom. The SMILES string of the molecule is C[C@@H](CN1C(=O)c2cc3ccccc3n2C[C@]1(C)C(=O)NC1CCCC1)c1ccccc1. The Morgan fingerprint density at radius 2 is 1.78 bits per heavy atom. The number of carbonyl (C=O) groups is 2. The van der Waals surface area contributed by atoms with Crippen LogP contribution in [0.3, 0.4) is 0 Å². The second kappa shape index (κ2) is 8.12.